The first-order chi connectivity index (χ1) is 13.6. The van der Waals surface area contributed by atoms with E-state index in [1.54, 1.807) is 11.3 Å². The summed E-state index contributed by atoms with van der Waals surface area (Å²) in [6.07, 6.45) is 4.31. The maximum Gasteiger partial charge on any atom is 0.193 e. The van der Waals surface area contributed by atoms with E-state index in [2.05, 4.69) is 44.7 Å². The molecule has 1 aliphatic rings. The SMILES string of the molecule is Cc1cc([C@@H]2[C@H](c3ccccn3)NC(=S)N2CCCO)c(C)n1-c1nccs1. The molecule has 2 atom stereocenters. The zero-order valence-electron chi connectivity index (χ0n) is 15.9. The molecule has 4 heterocycles. The minimum Gasteiger partial charge on any atom is -0.396 e. The number of hydrogen-bond donors (Lipinski definition) is 2. The third kappa shape index (κ3) is 3.32. The van der Waals surface area contributed by atoms with Gasteiger partial charge in [0.25, 0.3) is 0 Å². The summed E-state index contributed by atoms with van der Waals surface area (Å²) < 4.78 is 2.20. The Morgan fingerprint density at radius 1 is 1.25 bits per heavy atom. The highest BCUT2D eigenvalue weighted by molar-refractivity contribution is 7.80. The zero-order chi connectivity index (χ0) is 19.7. The summed E-state index contributed by atoms with van der Waals surface area (Å²) in [4.78, 5) is 11.2. The molecule has 3 aromatic rings. The highest BCUT2D eigenvalue weighted by atomic mass is 32.1. The molecule has 0 amide bonds. The number of thiazole rings is 1. The van der Waals surface area contributed by atoms with E-state index in [0.717, 1.165) is 22.2 Å². The van der Waals surface area contributed by atoms with Crippen LogP contribution in [0.2, 0.25) is 0 Å². The van der Waals surface area contributed by atoms with Crippen molar-refractivity contribution < 1.29 is 5.11 Å². The van der Waals surface area contributed by atoms with Gasteiger partial charge >= 0.3 is 0 Å². The van der Waals surface area contributed by atoms with Crippen molar-refractivity contribution in [3.63, 3.8) is 0 Å². The van der Waals surface area contributed by atoms with Crippen molar-refractivity contribution in [1.82, 2.24) is 24.8 Å². The number of nitrogens with one attached hydrogen (secondary N) is 1. The van der Waals surface area contributed by atoms with Gasteiger partial charge in [-0.3, -0.25) is 9.55 Å². The Morgan fingerprint density at radius 3 is 2.79 bits per heavy atom. The van der Waals surface area contributed by atoms with E-state index >= 15 is 0 Å². The molecule has 0 aromatic carbocycles. The van der Waals surface area contributed by atoms with E-state index in [1.165, 1.54) is 5.56 Å². The molecule has 0 aliphatic carbocycles. The second-order valence-electron chi connectivity index (χ2n) is 6.87. The van der Waals surface area contributed by atoms with Crippen LogP contribution in [0.15, 0.2) is 42.0 Å². The molecule has 0 bridgehead atoms. The van der Waals surface area contributed by atoms with Crippen LogP contribution in [0.25, 0.3) is 5.13 Å². The van der Waals surface area contributed by atoms with Crippen molar-refractivity contribution in [2.24, 2.45) is 0 Å². The molecule has 1 fully saturated rings. The average molecular weight is 414 g/mol. The van der Waals surface area contributed by atoms with Crippen molar-refractivity contribution >= 4 is 28.7 Å². The Hall–Kier alpha value is -2.29. The van der Waals surface area contributed by atoms with Crippen LogP contribution in [0.1, 0.15) is 41.1 Å². The fourth-order valence-corrected chi connectivity index (χ4v) is 5.02. The number of pyridine rings is 1. The molecule has 0 radical (unpaired) electrons. The van der Waals surface area contributed by atoms with Crippen molar-refractivity contribution in [1.29, 1.82) is 0 Å². The molecule has 146 valence electrons. The molecule has 3 aromatic heterocycles. The molecule has 28 heavy (non-hydrogen) atoms. The second-order valence-corrected chi connectivity index (χ2v) is 8.13. The summed E-state index contributed by atoms with van der Waals surface area (Å²) >= 11 is 7.28. The second kappa shape index (κ2) is 7.98. The van der Waals surface area contributed by atoms with Gasteiger partial charge in [-0.15, -0.1) is 11.3 Å². The van der Waals surface area contributed by atoms with Crippen molar-refractivity contribution in [3.05, 3.63) is 64.7 Å². The maximum atomic E-state index is 9.37. The van der Waals surface area contributed by atoms with Crippen LogP contribution in [-0.4, -0.2) is 42.8 Å². The molecule has 1 aliphatic heterocycles. The lowest BCUT2D eigenvalue weighted by Gasteiger charge is -2.28. The molecule has 0 unspecified atom stereocenters. The van der Waals surface area contributed by atoms with Gasteiger partial charge in [0.05, 0.1) is 17.8 Å². The number of nitrogens with zero attached hydrogens (tertiary/aromatic N) is 4. The first-order valence-corrected chi connectivity index (χ1v) is 10.6. The third-order valence-corrected chi connectivity index (χ3v) is 6.26. The van der Waals surface area contributed by atoms with Crippen LogP contribution in [0.5, 0.6) is 0 Å². The quantitative estimate of drug-likeness (QED) is 0.605. The molecule has 1 saturated heterocycles. The fourth-order valence-electron chi connectivity index (χ4n) is 3.93. The standard InChI is InChI=1S/C20H23N5OS2/c1-13-12-15(14(2)25(13)20-22-8-11-28-20)18-17(16-6-3-4-7-21-16)23-19(27)24(18)9-5-10-26/h3-4,6-8,11-12,17-18,26H,5,9-10H2,1-2H3,(H,23,27)/t17-,18+/m0/s1. The van der Waals surface area contributed by atoms with Crippen LogP contribution < -0.4 is 5.32 Å². The maximum absolute atomic E-state index is 9.37. The van der Waals surface area contributed by atoms with Gasteiger partial charge in [0.2, 0.25) is 0 Å². The van der Waals surface area contributed by atoms with E-state index in [9.17, 15) is 5.11 Å². The molecular weight excluding hydrogens is 390 g/mol. The van der Waals surface area contributed by atoms with Gasteiger partial charge in [-0.25, -0.2) is 4.98 Å². The van der Waals surface area contributed by atoms with Crippen molar-refractivity contribution in [2.75, 3.05) is 13.2 Å². The van der Waals surface area contributed by atoms with E-state index < -0.39 is 0 Å². The lowest BCUT2D eigenvalue weighted by atomic mass is 9.96. The number of hydrogen-bond acceptors (Lipinski definition) is 5. The number of thiocarbonyl (C=S) groups is 1. The molecule has 6 nitrogen and oxygen atoms in total. The minimum absolute atomic E-state index is 0.00821. The number of aromatic nitrogens is 3. The molecule has 0 spiro atoms. The van der Waals surface area contributed by atoms with Crippen molar-refractivity contribution in [2.45, 2.75) is 32.4 Å². The molecular formula is C20H23N5OS2. The lowest BCUT2D eigenvalue weighted by molar-refractivity contribution is 0.247. The third-order valence-electron chi connectivity index (χ3n) is 5.15. The Kier molecular flexibility index (Phi) is 5.43. The smallest absolute Gasteiger partial charge is 0.193 e. The average Bonchev–Trinajstić information content (AvgIpc) is 3.39. The summed E-state index contributed by atoms with van der Waals surface area (Å²) in [5, 5.41) is 16.5. The highest BCUT2D eigenvalue weighted by Crippen LogP contribution is 2.41. The first-order valence-electron chi connectivity index (χ1n) is 9.29. The van der Waals surface area contributed by atoms with E-state index in [4.69, 9.17) is 12.2 Å². The van der Waals surface area contributed by atoms with Crippen LogP contribution in [-0.2, 0) is 0 Å². The highest BCUT2D eigenvalue weighted by Gasteiger charge is 2.41. The van der Waals surface area contributed by atoms with E-state index in [1.807, 2.05) is 36.0 Å². The Labute approximate surface area is 173 Å². The first kappa shape index (κ1) is 19.0. The largest absolute Gasteiger partial charge is 0.396 e. The summed E-state index contributed by atoms with van der Waals surface area (Å²) in [5.74, 6) is 0. The van der Waals surface area contributed by atoms with Gasteiger partial charge in [-0.1, -0.05) is 6.07 Å². The van der Waals surface area contributed by atoms with Crippen LogP contribution in [0.3, 0.4) is 0 Å². The van der Waals surface area contributed by atoms with Gasteiger partial charge < -0.3 is 15.3 Å². The van der Waals surface area contributed by atoms with Gasteiger partial charge in [-0.05, 0) is 56.2 Å². The van der Waals surface area contributed by atoms with Crippen LogP contribution in [0.4, 0.5) is 0 Å². The summed E-state index contributed by atoms with van der Waals surface area (Å²) in [6, 6.07) is 8.14. The normalized spacial score (nSPS) is 19.2. The van der Waals surface area contributed by atoms with Gasteiger partial charge in [0, 0.05) is 42.3 Å². The van der Waals surface area contributed by atoms with E-state index in [-0.39, 0.29) is 18.7 Å². The van der Waals surface area contributed by atoms with Gasteiger partial charge in [-0.2, -0.15) is 0 Å². The Bertz CT molecular complexity index is 955. The molecule has 0 saturated carbocycles. The predicted octanol–water partition coefficient (Wildman–Crippen LogP) is 3.30. The fraction of sp³-hybridized carbons (Fsp3) is 0.350. The summed E-state index contributed by atoms with van der Waals surface area (Å²) in [5.41, 5.74) is 4.45. The molecule has 8 heteroatoms. The van der Waals surface area contributed by atoms with Gasteiger partial charge in [0.1, 0.15) is 0 Å². The topological polar surface area (TPSA) is 66.2 Å². The predicted molar refractivity (Wildman–Crippen MR) is 115 cm³/mol. The van der Waals surface area contributed by atoms with Crippen LogP contribution >= 0.6 is 23.6 Å². The number of rotatable bonds is 6. The monoisotopic (exact) mass is 413 g/mol. The molecule has 2 N–H and O–H groups in total. The van der Waals surface area contributed by atoms with Crippen molar-refractivity contribution in [3.8, 4) is 5.13 Å². The molecule has 4 rings (SSSR count). The Morgan fingerprint density at radius 2 is 2.11 bits per heavy atom. The summed E-state index contributed by atoms with van der Waals surface area (Å²) in [7, 11) is 0. The minimum atomic E-state index is -0.0439. The van der Waals surface area contributed by atoms with Gasteiger partial charge in [0.15, 0.2) is 10.2 Å². The van der Waals surface area contributed by atoms with Crippen LogP contribution in [0, 0.1) is 13.8 Å². The number of aliphatic hydroxyl groups excluding tert-OH is 1. The number of aryl methyl sites for hydroxylation is 1. The zero-order valence-corrected chi connectivity index (χ0v) is 17.5. The Balaban J connectivity index is 1.81. The number of aliphatic hydroxyl groups is 1. The van der Waals surface area contributed by atoms with E-state index in [0.29, 0.717) is 18.1 Å². The summed E-state index contributed by atoms with van der Waals surface area (Å²) in [6.45, 7) is 5.06. The lowest BCUT2D eigenvalue weighted by Crippen LogP contribution is -2.31.